The molecule has 152 valence electrons. The second kappa shape index (κ2) is 11.1. The van der Waals surface area contributed by atoms with Gasteiger partial charge in [-0.25, -0.2) is 4.79 Å². The number of ether oxygens (including phenoxy) is 2. The number of hydrogen-bond donors (Lipinski definition) is 0. The van der Waals surface area contributed by atoms with Crippen LogP contribution in [0.5, 0.6) is 5.75 Å². The van der Waals surface area contributed by atoms with Gasteiger partial charge in [0.25, 0.3) is 0 Å². The van der Waals surface area contributed by atoms with Crippen LogP contribution in [0.3, 0.4) is 0 Å². The quantitative estimate of drug-likeness (QED) is 0.430. The van der Waals surface area contributed by atoms with Crippen molar-refractivity contribution in [3.05, 3.63) is 57.6 Å². The van der Waals surface area contributed by atoms with E-state index in [1.54, 1.807) is 6.92 Å². The molecule has 0 bridgehead atoms. The largest absolute Gasteiger partial charge is 0.482 e. The molecule has 0 fully saturated rings. The molecule has 2 rings (SSSR count). The second-order valence-corrected chi connectivity index (χ2v) is 7.71. The van der Waals surface area contributed by atoms with Crippen molar-refractivity contribution in [1.82, 2.24) is 0 Å². The minimum absolute atomic E-state index is 0.0616. The zero-order valence-corrected chi connectivity index (χ0v) is 18.8. The van der Waals surface area contributed by atoms with Crippen LogP contribution in [0.4, 0.5) is 5.69 Å². The molecule has 0 aliphatic heterocycles. The molecule has 0 atom stereocenters. The Kier molecular flexibility index (Phi) is 8.84. The topological polar surface area (TPSA) is 38.8 Å². The van der Waals surface area contributed by atoms with Gasteiger partial charge in [0.15, 0.2) is 6.61 Å². The van der Waals surface area contributed by atoms with E-state index in [1.165, 1.54) is 16.8 Å². The number of carbonyl (C=O) groups excluding carboxylic acids is 1. The number of halogens is 1. The first-order valence-corrected chi connectivity index (χ1v) is 10.6. The molecule has 0 heterocycles. The molecule has 0 saturated heterocycles. The Morgan fingerprint density at radius 3 is 2.61 bits per heavy atom. The summed E-state index contributed by atoms with van der Waals surface area (Å²) in [6, 6.07) is 12.5. The highest BCUT2D eigenvalue weighted by molar-refractivity contribution is 9.10. The highest BCUT2D eigenvalue weighted by Gasteiger charge is 2.13. The fourth-order valence-corrected chi connectivity index (χ4v) is 3.46. The van der Waals surface area contributed by atoms with Gasteiger partial charge in [0.2, 0.25) is 0 Å². The first-order valence-electron chi connectivity index (χ1n) is 9.84. The third-order valence-corrected chi connectivity index (χ3v) is 5.48. The molecule has 0 unspecified atom stereocenters. The van der Waals surface area contributed by atoms with Gasteiger partial charge in [-0.2, -0.15) is 0 Å². The highest BCUT2D eigenvalue weighted by atomic mass is 79.9. The Bertz CT molecular complexity index is 791. The second-order valence-electron chi connectivity index (χ2n) is 6.85. The zero-order chi connectivity index (χ0) is 20.5. The Morgan fingerprint density at radius 1 is 1.14 bits per heavy atom. The van der Waals surface area contributed by atoms with E-state index < -0.39 is 0 Å². The van der Waals surface area contributed by atoms with Crippen molar-refractivity contribution in [2.45, 2.75) is 47.1 Å². The van der Waals surface area contributed by atoms with E-state index in [1.807, 2.05) is 13.0 Å². The third-order valence-electron chi connectivity index (χ3n) is 4.62. The van der Waals surface area contributed by atoms with Crippen molar-refractivity contribution in [3.63, 3.8) is 0 Å². The van der Waals surface area contributed by atoms with E-state index in [2.05, 4.69) is 65.0 Å². The highest BCUT2D eigenvalue weighted by Crippen LogP contribution is 2.29. The maximum absolute atomic E-state index is 11.5. The lowest BCUT2D eigenvalue weighted by Gasteiger charge is -2.27. The van der Waals surface area contributed by atoms with Gasteiger partial charge in [0, 0.05) is 23.2 Å². The maximum atomic E-state index is 11.5. The van der Waals surface area contributed by atoms with E-state index in [4.69, 9.17) is 9.47 Å². The summed E-state index contributed by atoms with van der Waals surface area (Å²) in [5.74, 6) is 0.373. The summed E-state index contributed by atoms with van der Waals surface area (Å²) >= 11 is 3.65. The zero-order valence-electron chi connectivity index (χ0n) is 17.3. The molecule has 0 amide bonds. The predicted molar refractivity (Wildman–Crippen MR) is 118 cm³/mol. The van der Waals surface area contributed by atoms with Crippen molar-refractivity contribution in [1.29, 1.82) is 0 Å². The fourth-order valence-electron chi connectivity index (χ4n) is 3.10. The van der Waals surface area contributed by atoms with Gasteiger partial charge in [-0.15, -0.1) is 0 Å². The van der Waals surface area contributed by atoms with Crippen LogP contribution in [-0.2, 0) is 16.1 Å². The van der Waals surface area contributed by atoms with Gasteiger partial charge < -0.3 is 14.4 Å². The first-order chi connectivity index (χ1) is 13.5. The molecule has 28 heavy (non-hydrogen) atoms. The molecule has 2 aromatic carbocycles. The Balaban J connectivity index is 2.14. The molecule has 2 aromatic rings. The number of carbonyl (C=O) groups is 1. The number of benzene rings is 2. The summed E-state index contributed by atoms with van der Waals surface area (Å²) in [4.78, 5) is 13.9. The Labute approximate surface area is 177 Å². The van der Waals surface area contributed by atoms with Crippen LogP contribution < -0.4 is 9.64 Å². The lowest BCUT2D eigenvalue weighted by molar-refractivity contribution is -0.145. The molecular formula is C23H30BrNO3. The minimum atomic E-state index is -0.346. The lowest BCUT2D eigenvalue weighted by Crippen LogP contribution is -2.24. The number of aryl methyl sites for hydroxylation is 1. The third kappa shape index (κ3) is 6.26. The van der Waals surface area contributed by atoms with E-state index in [0.717, 1.165) is 41.7 Å². The molecule has 5 heteroatoms. The molecule has 0 aliphatic carbocycles. The minimum Gasteiger partial charge on any atom is -0.482 e. The molecule has 0 N–H and O–H groups in total. The van der Waals surface area contributed by atoms with E-state index in [0.29, 0.717) is 6.61 Å². The van der Waals surface area contributed by atoms with Gasteiger partial charge in [0.1, 0.15) is 5.75 Å². The Morgan fingerprint density at radius 2 is 1.93 bits per heavy atom. The van der Waals surface area contributed by atoms with Gasteiger partial charge in [0.05, 0.1) is 6.61 Å². The van der Waals surface area contributed by atoms with Crippen LogP contribution in [-0.4, -0.2) is 25.7 Å². The monoisotopic (exact) mass is 447 g/mol. The lowest BCUT2D eigenvalue weighted by atomic mass is 10.1. The summed E-state index contributed by atoms with van der Waals surface area (Å²) in [5.41, 5.74) is 4.74. The van der Waals surface area contributed by atoms with Crippen LogP contribution in [0.2, 0.25) is 0 Å². The molecule has 0 aliphatic rings. The molecular weight excluding hydrogens is 418 g/mol. The van der Waals surface area contributed by atoms with E-state index in [9.17, 15) is 4.79 Å². The van der Waals surface area contributed by atoms with Crippen molar-refractivity contribution in [2.24, 2.45) is 0 Å². The van der Waals surface area contributed by atoms with Crippen molar-refractivity contribution in [3.8, 4) is 5.75 Å². The summed E-state index contributed by atoms with van der Waals surface area (Å²) in [7, 11) is 0. The number of unbranched alkanes of at least 4 members (excludes halogenated alkanes) is 1. The van der Waals surface area contributed by atoms with Gasteiger partial charge in [-0.3, -0.25) is 0 Å². The molecule has 0 saturated carbocycles. The maximum Gasteiger partial charge on any atom is 0.344 e. The number of nitrogens with zero attached hydrogens (tertiary/aromatic N) is 1. The van der Waals surface area contributed by atoms with Gasteiger partial charge in [-0.05, 0) is 62.1 Å². The summed E-state index contributed by atoms with van der Waals surface area (Å²) in [6.07, 6.45) is 2.30. The van der Waals surface area contributed by atoms with Gasteiger partial charge in [-0.1, -0.05) is 47.5 Å². The first kappa shape index (κ1) is 22.3. The van der Waals surface area contributed by atoms with Crippen LogP contribution in [0.1, 0.15) is 43.4 Å². The number of anilines is 1. The summed E-state index contributed by atoms with van der Waals surface area (Å²) < 4.78 is 11.6. The summed E-state index contributed by atoms with van der Waals surface area (Å²) in [5, 5.41) is 0. The van der Waals surface area contributed by atoms with Crippen molar-refractivity contribution >= 4 is 27.6 Å². The van der Waals surface area contributed by atoms with Crippen LogP contribution in [0.15, 0.2) is 40.9 Å². The van der Waals surface area contributed by atoms with Crippen molar-refractivity contribution < 1.29 is 14.3 Å². The van der Waals surface area contributed by atoms with Crippen LogP contribution in [0.25, 0.3) is 0 Å². The smallest absolute Gasteiger partial charge is 0.344 e. The number of hydrogen-bond acceptors (Lipinski definition) is 4. The van der Waals surface area contributed by atoms with E-state index >= 15 is 0 Å². The normalized spacial score (nSPS) is 10.6. The number of rotatable bonds is 10. The average molecular weight is 448 g/mol. The molecule has 0 spiro atoms. The van der Waals surface area contributed by atoms with E-state index in [-0.39, 0.29) is 12.6 Å². The van der Waals surface area contributed by atoms with Crippen LogP contribution >= 0.6 is 15.9 Å². The Hall–Kier alpha value is -2.01. The van der Waals surface area contributed by atoms with Gasteiger partial charge >= 0.3 is 5.97 Å². The molecule has 4 nitrogen and oxygen atoms in total. The summed E-state index contributed by atoms with van der Waals surface area (Å²) in [6.45, 7) is 10.3. The molecule has 0 radical (unpaired) electrons. The SMILES string of the molecule is CCCCN(Cc1ccc(OCC(=O)OCC)c(C)c1)c1cccc(Br)c1C. The number of esters is 1. The van der Waals surface area contributed by atoms with Crippen LogP contribution in [0, 0.1) is 13.8 Å². The molecule has 0 aromatic heterocycles. The predicted octanol–water partition coefficient (Wildman–Crippen LogP) is 5.81. The standard InChI is InChI=1S/C23H30BrNO3/c1-5-7-13-25(21-10-8-9-20(24)18(21)4)15-19-11-12-22(17(3)14-19)28-16-23(26)27-6-2/h8-12,14H,5-7,13,15-16H2,1-4H3. The average Bonchev–Trinajstić information content (AvgIpc) is 2.67. The fraction of sp³-hybridized carbons (Fsp3) is 0.435. The van der Waals surface area contributed by atoms with Crippen molar-refractivity contribution in [2.75, 3.05) is 24.7 Å².